The first kappa shape index (κ1) is 11.7. The van der Waals surface area contributed by atoms with Gasteiger partial charge in [-0.3, -0.25) is 9.89 Å². The van der Waals surface area contributed by atoms with E-state index < -0.39 is 0 Å². The van der Waals surface area contributed by atoms with Gasteiger partial charge in [0.05, 0.1) is 11.6 Å². The minimum Gasteiger partial charge on any atom is -0.345 e. The number of carbonyl (C=O) groups excluding carboxylic acids is 1. The Bertz CT molecular complexity index is 519. The van der Waals surface area contributed by atoms with Crippen LogP contribution in [0.2, 0.25) is 5.02 Å². The molecule has 17 heavy (non-hydrogen) atoms. The summed E-state index contributed by atoms with van der Waals surface area (Å²) in [4.78, 5) is 17.6. The van der Waals surface area contributed by atoms with Crippen LogP contribution in [0, 0.1) is 0 Å². The quantitative estimate of drug-likeness (QED) is 0.890. The smallest absolute Gasteiger partial charge is 0.270 e. The van der Waals surface area contributed by atoms with Crippen LogP contribution < -0.4 is 0 Å². The number of aromatic amines is 1. The summed E-state index contributed by atoms with van der Waals surface area (Å²) >= 11 is 5.84. The zero-order valence-electron chi connectivity index (χ0n) is 9.51. The van der Waals surface area contributed by atoms with Gasteiger partial charge in [-0.2, -0.15) is 5.10 Å². The summed E-state index contributed by atoms with van der Waals surface area (Å²) in [6.07, 6.45) is 3.10. The van der Waals surface area contributed by atoms with E-state index in [1.165, 1.54) is 6.33 Å². The van der Waals surface area contributed by atoms with Gasteiger partial charge in [0.25, 0.3) is 5.91 Å². The van der Waals surface area contributed by atoms with Crippen LogP contribution in [0.5, 0.6) is 0 Å². The summed E-state index contributed by atoms with van der Waals surface area (Å²) in [5.41, 5.74) is 0.539. The minimum absolute atomic E-state index is 0.115. The average Bonchev–Trinajstić information content (AvgIpc) is 2.87. The number of hydrogen-bond donors (Lipinski definition) is 1. The molecule has 2 aromatic heterocycles. The van der Waals surface area contributed by atoms with Crippen molar-refractivity contribution in [2.45, 2.75) is 6.54 Å². The van der Waals surface area contributed by atoms with Crippen molar-refractivity contribution in [2.75, 3.05) is 7.05 Å². The Balaban J connectivity index is 2.12. The summed E-state index contributed by atoms with van der Waals surface area (Å²) in [5.74, 6) is 0.525. The first-order valence-corrected chi connectivity index (χ1v) is 5.37. The van der Waals surface area contributed by atoms with Crippen LogP contribution >= 0.6 is 11.6 Å². The predicted octanol–water partition coefficient (Wildman–Crippen LogP) is 1.07. The number of nitrogens with one attached hydrogen (secondary N) is 1. The summed E-state index contributed by atoms with van der Waals surface area (Å²) in [5, 5.41) is 6.98. The SMILES string of the molecule is CN(Cc1ncn[nH]1)C(=O)c1cc(Cl)cn1C. The van der Waals surface area contributed by atoms with Crippen molar-refractivity contribution in [2.24, 2.45) is 7.05 Å². The van der Waals surface area contributed by atoms with E-state index in [4.69, 9.17) is 11.6 Å². The van der Waals surface area contributed by atoms with Crippen molar-refractivity contribution < 1.29 is 4.79 Å². The molecule has 0 aliphatic carbocycles. The summed E-state index contributed by atoms with van der Waals surface area (Å²) < 4.78 is 1.70. The van der Waals surface area contributed by atoms with Gasteiger partial charge in [-0.05, 0) is 6.07 Å². The molecule has 6 nitrogen and oxygen atoms in total. The van der Waals surface area contributed by atoms with Gasteiger partial charge in [-0.15, -0.1) is 0 Å². The normalized spacial score (nSPS) is 10.5. The second kappa shape index (κ2) is 4.58. The number of carbonyl (C=O) groups is 1. The molecular formula is C10H12ClN5O. The van der Waals surface area contributed by atoms with Gasteiger partial charge in [0.1, 0.15) is 17.8 Å². The minimum atomic E-state index is -0.115. The highest BCUT2D eigenvalue weighted by Gasteiger charge is 2.16. The molecule has 0 aliphatic rings. The van der Waals surface area contributed by atoms with Crippen LogP contribution in [0.3, 0.4) is 0 Å². The molecule has 0 spiro atoms. The summed E-state index contributed by atoms with van der Waals surface area (Å²) in [6, 6.07) is 1.64. The molecule has 0 aliphatic heterocycles. The van der Waals surface area contributed by atoms with Crippen LogP contribution in [0.15, 0.2) is 18.6 Å². The predicted molar refractivity (Wildman–Crippen MR) is 62.6 cm³/mol. The summed E-state index contributed by atoms with van der Waals surface area (Å²) in [6.45, 7) is 0.377. The highest BCUT2D eigenvalue weighted by Crippen LogP contribution is 2.14. The lowest BCUT2D eigenvalue weighted by molar-refractivity contribution is 0.0772. The molecule has 0 radical (unpaired) electrons. The number of hydrogen-bond acceptors (Lipinski definition) is 3. The molecule has 0 unspecified atom stereocenters. The number of aromatic nitrogens is 4. The topological polar surface area (TPSA) is 66.8 Å². The highest BCUT2D eigenvalue weighted by atomic mass is 35.5. The molecule has 90 valence electrons. The fourth-order valence-electron chi connectivity index (χ4n) is 1.54. The lowest BCUT2D eigenvalue weighted by Crippen LogP contribution is -2.28. The molecule has 0 saturated carbocycles. The lowest BCUT2D eigenvalue weighted by atomic mass is 10.3. The van der Waals surface area contributed by atoms with Crippen molar-refractivity contribution >= 4 is 17.5 Å². The third-order valence-electron chi connectivity index (χ3n) is 2.39. The third-order valence-corrected chi connectivity index (χ3v) is 2.60. The second-order valence-corrected chi connectivity index (χ2v) is 4.18. The zero-order chi connectivity index (χ0) is 12.4. The Morgan fingerprint density at radius 1 is 1.65 bits per heavy atom. The van der Waals surface area contributed by atoms with Gasteiger partial charge < -0.3 is 9.47 Å². The molecule has 0 aromatic carbocycles. The molecule has 2 aromatic rings. The van der Waals surface area contributed by atoms with Gasteiger partial charge in [0.2, 0.25) is 0 Å². The van der Waals surface area contributed by atoms with Crippen LogP contribution in [-0.4, -0.2) is 37.6 Å². The maximum Gasteiger partial charge on any atom is 0.270 e. The Hall–Kier alpha value is -1.82. The van der Waals surface area contributed by atoms with E-state index in [0.717, 1.165) is 0 Å². The number of nitrogens with zero attached hydrogens (tertiary/aromatic N) is 4. The van der Waals surface area contributed by atoms with E-state index in [1.807, 2.05) is 0 Å². The molecule has 0 saturated heterocycles. The van der Waals surface area contributed by atoms with Gasteiger partial charge in [0.15, 0.2) is 0 Å². The van der Waals surface area contributed by atoms with E-state index >= 15 is 0 Å². The van der Waals surface area contributed by atoms with Crippen molar-refractivity contribution in [3.63, 3.8) is 0 Å². The number of rotatable bonds is 3. The van der Waals surface area contributed by atoms with Crippen LogP contribution in [0.25, 0.3) is 0 Å². The molecule has 2 heterocycles. The molecular weight excluding hydrogens is 242 g/mol. The number of halogens is 1. The van der Waals surface area contributed by atoms with Gasteiger partial charge in [-0.1, -0.05) is 11.6 Å². The largest absolute Gasteiger partial charge is 0.345 e. The van der Waals surface area contributed by atoms with Gasteiger partial charge >= 0.3 is 0 Å². The fourth-order valence-corrected chi connectivity index (χ4v) is 1.79. The molecule has 0 bridgehead atoms. The van der Waals surface area contributed by atoms with E-state index in [2.05, 4.69) is 15.2 Å². The number of H-pyrrole nitrogens is 1. The first-order chi connectivity index (χ1) is 8.08. The highest BCUT2D eigenvalue weighted by molar-refractivity contribution is 6.31. The first-order valence-electron chi connectivity index (χ1n) is 4.99. The van der Waals surface area contributed by atoms with Gasteiger partial charge in [-0.25, -0.2) is 4.98 Å². The maximum atomic E-state index is 12.1. The van der Waals surface area contributed by atoms with Crippen molar-refractivity contribution in [1.82, 2.24) is 24.6 Å². The number of aryl methyl sites for hydroxylation is 1. The van der Waals surface area contributed by atoms with Crippen LogP contribution in [-0.2, 0) is 13.6 Å². The second-order valence-electron chi connectivity index (χ2n) is 3.75. The van der Waals surface area contributed by atoms with E-state index in [-0.39, 0.29) is 5.91 Å². The Morgan fingerprint density at radius 3 is 2.94 bits per heavy atom. The van der Waals surface area contributed by atoms with Crippen molar-refractivity contribution in [3.8, 4) is 0 Å². The number of amides is 1. The Labute approximate surface area is 103 Å². The van der Waals surface area contributed by atoms with Crippen molar-refractivity contribution in [3.05, 3.63) is 35.1 Å². The Morgan fingerprint density at radius 2 is 2.41 bits per heavy atom. The monoisotopic (exact) mass is 253 g/mol. The molecule has 1 N–H and O–H groups in total. The third kappa shape index (κ3) is 2.47. The van der Waals surface area contributed by atoms with E-state index in [9.17, 15) is 4.79 Å². The Kier molecular flexibility index (Phi) is 3.14. The molecule has 1 amide bonds. The maximum absolute atomic E-state index is 12.1. The van der Waals surface area contributed by atoms with Crippen molar-refractivity contribution in [1.29, 1.82) is 0 Å². The van der Waals surface area contributed by atoms with E-state index in [0.29, 0.717) is 23.1 Å². The fraction of sp³-hybridized carbons (Fsp3) is 0.300. The molecule has 0 atom stereocenters. The lowest BCUT2D eigenvalue weighted by Gasteiger charge is -2.15. The van der Waals surface area contributed by atoms with Crippen LogP contribution in [0.4, 0.5) is 0 Å². The molecule has 0 fully saturated rings. The van der Waals surface area contributed by atoms with E-state index in [1.54, 1.807) is 35.8 Å². The average molecular weight is 254 g/mol. The van der Waals surface area contributed by atoms with Gasteiger partial charge in [0, 0.05) is 20.3 Å². The molecule has 2 rings (SSSR count). The standard InChI is InChI=1S/C10H12ClN5O/c1-15-4-7(11)3-8(15)10(17)16(2)5-9-12-6-13-14-9/h3-4,6H,5H2,1-2H3,(H,12,13,14). The summed E-state index contributed by atoms with van der Waals surface area (Å²) in [7, 11) is 3.48. The zero-order valence-corrected chi connectivity index (χ0v) is 10.3. The van der Waals surface area contributed by atoms with Crippen LogP contribution in [0.1, 0.15) is 16.3 Å². The molecule has 7 heteroatoms.